The molecule has 9 heteroatoms. The third-order valence-corrected chi connectivity index (χ3v) is 5.40. The highest BCUT2D eigenvalue weighted by Crippen LogP contribution is 2.17. The van der Waals surface area contributed by atoms with E-state index in [9.17, 15) is 13.2 Å². The lowest BCUT2D eigenvalue weighted by molar-refractivity contribution is 0.0954. The van der Waals surface area contributed by atoms with Gasteiger partial charge in [-0.05, 0) is 43.2 Å². The number of hydrogen-bond acceptors (Lipinski definition) is 4. The second kappa shape index (κ2) is 12.5. The Balaban J connectivity index is 0.00000450. The molecule has 0 unspecified atom stereocenters. The summed E-state index contributed by atoms with van der Waals surface area (Å²) in [6, 6.07) is 14.3. The number of hydrogen-bond donors (Lipinski definition) is 3. The Morgan fingerprint density at radius 1 is 1.00 bits per heavy atom. The predicted octanol–water partition coefficient (Wildman–Crippen LogP) is 2.50. The number of guanidine groups is 1. The van der Waals surface area contributed by atoms with Crippen molar-refractivity contribution >= 4 is 45.7 Å². The van der Waals surface area contributed by atoms with Crippen LogP contribution in [0.1, 0.15) is 28.4 Å². The lowest BCUT2D eigenvalue weighted by Crippen LogP contribution is -2.41. The van der Waals surface area contributed by atoms with E-state index in [1.807, 2.05) is 31.2 Å². The molecule has 1 amide bonds. The largest absolute Gasteiger partial charge is 0.357 e. The molecule has 0 saturated heterocycles. The number of rotatable bonds is 8. The highest BCUT2D eigenvalue weighted by atomic mass is 127. The number of aryl methyl sites for hydroxylation is 1. The normalized spacial score (nSPS) is 11.4. The first kappa shape index (κ1) is 25.9. The molecule has 0 aliphatic rings. The summed E-state index contributed by atoms with van der Waals surface area (Å²) in [4.78, 5) is 16.9. The lowest BCUT2D eigenvalue weighted by atomic mass is 10.1. The molecule has 0 radical (unpaired) electrons. The third-order valence-electron chi connectivity index (χ3n) is 4.14. The zero-order chi connectivity index (χ0) is 21.3. The monoisotopic (exact) mass is 544 g/mol. The summed E-state index contributed by atoms with van der Waals surface area (Å²) >= 11 is 0. The maximum atomic E-state index is 12.0. The molecule has 0 fully saturated rings. The van der Waals surface area contributed by atoms with Crippen molar-refractivity contribution in [3.05, 3.63) is 65.2 Å². The average Bonchev–Trinajstić information content (AvgIpc) is 2.68. The first-order valence-corrected chi connectivity index (χ1v) is 11.4. The van der Waals surface area contributed by atoms with Gasteiger partial charge in [0.2, 0.25) is 0 Å². The SMILES string of the molecule is CCNC(=NCc1ccc(S(C)(=O)=O)c(C)c1)NCCNC(=O)c1ccccc1.I. The van der Waals surface area contributed by atoms with Gasteiger partial charge in [0.15, 0.2) is 15.8 Å². The van der Waals surface area contributed by atoms with Crippen LogP contribution in [-0.2, 0) is 16.4 Å². The minimum atomic E-state index is -3.23. The van der Waals surface area contributed by atoms with Crippen LogP contribution in [0, 0.1) is 6.92 Å². The number of amides is 1. The van der Waals surface area contributed by atoms with Gasteiger partial charge < -0.3 is 16.0 Å². The molecule has 0 heterocycles. The van der Waals surface area contributed by atoms with E-state index in [1.165, 1.54) is 6.26 Å². The number of nitrogens with zero attached hydrogens (tertiary/aromatic N) is 1. The standard InChI is InChI=1S/C21H28N4O3S.HI/c1-4-22-21(24-13-12-23-20(26)18-8-6-5-7-9-18)25-15-17-10-11-19(16(2)14-17)29(3,27)28;/h5-11,14H,4,12-13,15H2,1-3H3,(H,23,26)(H2,22,24,25);1H. The minimum absolute atomic E-state index is 0. The van der Waals surface area contributed by atoms with Gasteiger partial charge in [-0.15, -0.1) is 24.0 Å². The van der Waals surface area contributed by atoms with Crippen LogP contribution in [-0.4, -0.2) is 46.2 Å². The molecule has 164 valence electrons. The molecule has 2 aromatic rings. The van der Waals surface area contributed by atoms with Crippen LogP contribution < -0.4 is 16.0 Å². The van der Waals surface area contributed by atoms with E-state index in [2.05, 4.69) is 20.9 Å². The van der Waals surface area contributed by atoms with E-state index in [0.29, 0.717) is 48.2 Å². The van der Waals surface area contributed by atoms with Crippen molar-refractivity contribution in [2.24, 2.45) is 4.99 Å². The van der Waals surface area contributed by atoms with Crippen LogP contribution >= 0.6 is 24.0 Å². The van der Waals surface area contributed by atoms with E-state index < -0.39 is 9.84 Å². The average molecular weight is 544 g/mol. The van der Waals surface area contributed by atoms with Crippen molar-refractivity contribution in [3.8, 4) is 0 Å². The van der Waals surface area contributed by atoms with Gasteiger partial charge in [0.05, 0.1) is 11.4 Å². The summed E-state index contributed by atoms with van der Waals surface area (Å²) in [5.41, 5.74) is 2.26. The number of aliphatic imine (C=N–C) groups is 1. The summed E-state index contributed by atoms with van der Waals surface area (Å²) in [6.45, 7) is 5.85. The Hall–Kier alpha value is -2.14. The molecule has 2 aromatic carbocycles. The highest BCUT2D eigenvalue weighted by molar-refractivity contribution is 14.0. The molecule has 0 spiro atoms. The zero-order valence-corrected chi connectivity index (χ0v) is 20.6. The van der Waals surface area contributed by atoms with Gasteiger partial charge in [0.25, 0.3) is 5.91 Å². The molecule has 0 aliphatic heterocycles. The highest BCUT2D eigenvalue weighted by Gasteiger charge is 2.10. The Bertz CT molecular complexity index is 963. The van der Waals surface area contributed by atoms with Gasteiger partial charge in [-0.1, -0.05) is 30.3 Å². The fourth-order valence-corrected chi connectivity index (χ4v) is 3.75. The number of carbonyl (C=O) groups is 1. The van der Waals surface area contributed by atoms with Crippen LogP contribution in [0.5, 0.6) is 0 Å². The van der Waals surface area contributed by atoms with E-state index in [-0.39, 0.29) is 29.9 Å². The van der Waals surface area contributed by atoms with Gasteiger partial charge >= 0.3 is 0 Å². The van der Waals surface area contributed by atoms with E-state index in [0.717, 1.165) is 5.56 Å². The van der Waals surface area contributed by atoms with E-state index >= 15 is 0 Å². The quantitative estimate of drug-likeness (QED) is 0.205. The first-order valence-electron chi connectivity index (χ1n) is 9.46. The smallest absolute Gasteiger partial charge is 0.251 e. The van der Waals surface area contributed by atoms with Gasteiger partial charge in [-0.25, -0.2) is 13.4 Å². The number of benzene rings is 2. The summed E-state index contributed by atoms with van der Waals surface area (Å²) in [5.74, 6) is 0.516. The van der Waals surface area contributed by atoms with Crippen molar-refractivity contribution in [3.63, 3.8) is 0 Å². The summed E-state index contributed by atoms with van der Waals surface area (Å²) in [6.07, 6.45) is 1.21. The Morgan fingerprint density at radius 2 is 1.67 bits per heavy atom. The maximum absolute atomic E-state index is 12.0. The maximum Gasteiger partial charge on any atom is 0.251 e. The van der Waals surface area contributed by atoms with Crippen molar-refractivity contribution in [2.75, 3.05) is 25.9 Å². The predicted molar refractivity (Wildman–Crippen MR) is 131 cm³/mol. The molecular weight excluding hydrogens is 515 g/mol. The van der Waals surface area contributed by atoms with Gasteiger partial charge in [0.1, 0.15) is 0 Å². The van der Waals surface area contributed by atoms with E-state index in [1.54, 1.807) is 31.2 Å². The van der Waals surface area contributed by atoms with Crippen molar-refractivity contribution in [1.82, 2.24) is 16.0 Å². The van der Waals surface area contributed by atoms with Crippen LogP contribution in [0.3, 0.4) is 0 Å². The van der Waals surface area contributed by atoms with Gasteiger partial charge in [0, 0.05) is 31.5 Å². The van der Waals surface area contributed by atoms with Gasteiger partial charge in [-0.3, -0.25) is 4.79 Å². The number of carbonyl (C=O) groups excluding carboxylic acids is 1. The molecule has 30 heavy (non-hydrogen) atoms. The van der Waals surface area contributed by atoms with E-state index in [4.69, 9.17) is 0 Å². The minimum Gasteiger partial charge on any atom is -0.357 e. The van der Waals surface area contributed by atoms with Crippen LogP contribution in [0.25, 0.3) is 0 Å². The molecule has 0 atom stereocenters. The van der Waals surface area contributed by atoms with Crippen molar-refractivity contribution in [2.45, 2.75) is 25.3 Å². The molecule has 0 saturated carbocycles. The van der Waals surface area contributed by atoms with Crippen molar-refractivity contribution < 1.29 is 13.2 Å². The third kappa shape index (κ3) is 8.31. The molecular formula is C21H29IN4O3S. The Kier molecular flexibility index (Phi) is 10.8. The molecule has 2 rings (SSSR count). The second-order valence-corrected chi connectivity index (χ2v) is 8.60. The van der Waals surface area contributed by atoms with Crippen LogP contribution in [0.2, 0.25) is 0 Å². The fourth-order valence-electron chi connectivity index (χ4n) is 2.79. The van der Waals surface area contributed by atoms with Gasteiger partial charge in [-0.2, -0.15) is 0 Å². The fraction of sp³-hybridized carbons (Fsp3) is 0.333. The number of sulfone groups is 1. The topological polar surface area (TPSA) is 99.7 Å². The molecule has 7 nitrogen and oxygen atoms in total. The Labute approximate surface area is 195 Å². The first-order chi connectivity index (χ1) is 13.8. The molecule has 0 bridgehead atoms. The Morgan fingerprint density at radius 3 is 2.27 bits per heavy atom. The van der Waals surface area contributed by atoms with Crippen molar-refractivity contribution in [1.29, 1.82) is 0 Å². The summed E-state index contributed by atoms with van der Waals surface area (Å²) < 4.78 is 23.4. The molecule has 3 N–H and O–H groups in total. The second-order valence-electron chi connectivity index (χ2n) is 6.62. The lowest BCUT2D eigenvalue weighted by Gasteiger charge is -2.12. The zero-order valence-electron chi connectivity index (χ0n) is 17.4. The van der Waals surface area contributed by atoms with Crippen LogP contribution in [0.4, 0.5) is 0 Å². The number of halogens is 1. The molecule has 0 aliphatic carbocycles. The summed E-state index contributed by atoms with van der Waals surface area (Å²) in [5, 5.41) is 9.19. The molecule has 0 aromatic heterocycles. The van der Waals surface area contributed by atoms with Crippen LogP contribution in [0.15, 0.2) is 58.4 Å². The summed E-state index contributed by atoms with van der Waals surface area (Å²) in [7, 11) is -3.23. The number of nitrogens with one attached hydrogen (secondary N) is 3.